The fraction of sp³-hybridized carbons (Fsp3) is 0.625. The molecule has 116 valence electrons. The molecule has 3 rings (SSSR count). The standard InChI is InChI=1S/C16H24N2O2S/c1-15(2)14-9-11-5-6-12(21(19,20)17-4)10-13(11)16(15,3)7-8-18-14/h5-6,10,14,17-18H,7-9H2,1-4H3/t14-,16+/m1/s1. The number of hydrogen-bond acceptors (Lipinski definition) is 3. The number of fused-ring (bicyclic) bond motifs is 4. The van der Waals surface area contributed by atoms with Gasteiger partial charge in [0, 0.05) is 11.5 Å². The predicted molar refractivity (Wildman–Crippen MR) is 83.9 cm³/mol. The zero-order chi connectivity index (χ0) is 15.5. The Kier molecular flexibility index (Phi) is 3.24. The molecular weight excluding hydrogens is 284 g/mol. The Morgan fingerprint density at radius 3 is 2.67 bits per heavy atom. The number of hydrogen-bond donors (Lipinski definition) is 2. The van der Waals surface area contributed by atoms with Gasteiger partial charge in [-0.1, -0.05) is 26.8 Å². The van der Waals surface area contributed by atoms with E-state index in [0.717, 1.165) is 19.4 Å². The molecule has 0 spiro atoms. The first-order chi connectivity index (χ1) is 9.72. The molecule has 0 aromatic heterocycles. The van der Waals surface area contributed by atoms with Crippen LogP contribution in [-0.2, 0) is 21.9 Å². The average Bonchev–Trinajstić information content (AvgIpc) is 2.42. The van der Waals surface area contributed by atoms with E-state index in [2.05, 4.69) is 30.8 Å². The highest BCUT2D eigenvalue weighted by Gasteiger charge is 2.53. The molecule has 5 heteroatoms. The maximum atomic E-state index is 12.1. The second-order valence-electron chi connectivity index (χ2n) is 7.04. The first kappa shape index (κ1) is 15.0. The van der Waals surface area contributed by atoms with Crippen LogP contribution in [0.4, 0.5) is 0 Å². The largest absolute Gasteiger partial charge is 0.313 e. The minimum Gasteiger partial charge on any atom is -0.313 e. The van der Waals surface area contributed by atoms with E-state index in [1.807, 2.05) is 12.1 Å². The zero-order valence-corrected chi connectivity index (χ0v) is 14.0. The molecule has 1 saturated heterocycles. The van der Waals surface area contributed by atoms with Gasteiger partial charge in [0.05, 0.1) is 4.90 Å². The van der Waals surface area contributed by atoms with Gasteiger partial charge in [0.1, 0.15) is 0 Å². The van der Waals surface area contributed by atoms with Gasteiger partial charge in [0.25, 0.3) is 0 Å². The van der Waals surface area contributed by atoms with Crippen LogP contribution in [0.3, 0.4) is 0 Å². The van der Waals surface area contributed by atoms with Gasteiger partial charge in [0.2, 0.25) is 10.0 Å². The van der Waals surface area contributed by atoms with Gasteiger partial charge >= 0.3 is 0 Å². The van der Waals surface area contributed by atoms with Gasteiger partial charge in [-0.2, -0.15) is 0 Å². The molecule has 2 aliphatic rings. The van der Waals surface area contributed by atoms with Crippen molar-refractivity contribution in [1.29, 1.82) is 0 Å². The van der Waals surface area contributed by atoms with Crippen LogP contribution in [0.25, 0.3) is 0 Å². The summed E-state index contributed by atoms with van der Waals surface area (Å²) in [6.45, 7) is 7.87. The van der Waals surface area contributed by atoms with Crippen LogP contribution in [0, 0.1) is 5.41 Å². The van der Waals surface area contributed by atoms with Gasteiger partial charge in [-0.25, -0.2) is 13.1 Å². The highest BCUT2D eigenvalue weighted by Crippen LogP contribution is 2.53. The molecule has 21 heavy (non-hydrogen) atoms. The molecule has 1 aliphatic carbocycles. The molecule has 4 nitrogen and oxygen atoms in total. The highest BCUT2D eigenvalue weighted by atomic mass is 32.2. The molecule has 0 amide bonds. The average molecular weight is 308 g/mol. The smallest absolute Gasteiger partial charge is 0.240 e. The zero-order valence-electron chi connectivity index (χ0n) is 13.2. The van der Waals surface area contributed by atoms with E-state index in [1.54, 1.807) is 6.07 Å². The molecule has 1 fully saturated rings. The lowest BCUT2D eigenvalue weighted by Gasteiger charge is -2.57. The Bertz CT molecular complexity index is 682. The highest BCUT2D eigenvalue weighted by molar-refractivity contribution is 7.89. The first-order valence-corrected chi connectivity index (χ1v) is 9.01. The van der Waals surface area contributed by atoms with Crippen LogP contribution in [0.2, 0.25) is 0 Å². The van der Waals surface area contributed by atoms with Crippen molar-refractivity contribution in [1.82, 2.24) is 10.0 Å². The summed E-state index contributed by atoms with van der Waals surface area (Å²) in [5.74, 6) is 0. The third-order valence-corrected chi connectivity index (χ3v) is 7.40. The fourth-order valence-corrected chi connectivity index (χ4v) is 4.78. The van der Waals surface area contributed by atoms with Crippen LogP contribution in [0.1, 0.15) is 38.3 Å². The third kappa shape index (κ3) is 1.98. The summed E-state index contributed by atoms with van der Waals surface area (Å²) in [7, 11) is -1.93. The maximum Gasteiger partial charge on any atom is 0.240 e. The molecule has 2 atom stereocenters. The lowest BCUT2D eigenvalue weighted by atomic mass is 9.51. The Labute approximate surface area is 127 Å². The SMILES string of the molecule is CNS(=O)(=O)c1ccc2c(c1)[C@]1(C)CCN[C@H](C2)C1(C)C. The van der Waals surface area contributed by atoms with Crippen molar-refractivity contribution in [2.24, 2.45) is 5.41 Å². The maximum absolute atomic E-state index is 12.1. The minimum absolute atomic E-state index is 0.00969. The molecule has 0 unspecified atom stereocenters. The summed E-state index contributed by atoms with van der Waals surface area (Å²) in [6.07, 6.45) is 2.00. The summed E-state index contributed by atoms with van der Waals surface area (Å²) in [5, 5.41) is 3.63. The topological polar surface area (TPSA) is 58.2 Å². The Morgan fingerprint density at radius 1 is 1.29 bits per heavy atom. The van der Waals surface area contributed by atoms with Gasteiger partial charge in [-0.15, -0.1) is 0 Å². The second-order valence-corrected chi connectivity index (χ2v) is 8.93. The van der Waals surface area contributed by atoms with E-state index in [0.29, 0.717) is 10.9 Å². The third-order valence-electron chi connectivity index (χ3n) is 5.99. The monoisotopic (exact) mass is 308 g/mol. The van der Waals surface area contributed by atoms with E-state index >= 15 is 0 Å². The Balaban J connectivity index is 2.21. The predicted octanol–water partition coefficient (Wildman–Crippen LogP) is 1.80. The van der Waals surface area contributed by atoms with E-state index in [-0.39, 0.29) is 10.8 Å². The van der Waals surface area contributed by atoms with Gasteiger partial charge in [-0.05, 0) is 55.1 Å². The van der Waals surface area contributed by atoms with E-state index in [1.165, 1.54) is 18.2 Å². The van der Waals surface area contributed by atoms with Crippen LogP contribution in [0.15, 0.2) is 23.1 Å². The molecule has 0 radical (unpaired) electrons. The van der Waals surface area contributed by atoms with Crippen LogP contribution >= 0.6 is 0 Å². The summed E-state index contributed by atoms with van der Waals surface area (Å²) in [6, 6.07) is 6.06. The normalized spacial score (nSPS) is 30.8. The second kappa shape index (κ2) is 4.54. The molecule has 1 aromatic rings. The Morgan fingerprint density at radius 2 is 2.00 bits per heavy atom. The first-order valence-electron chi connectivity index (χ1n) is 7.53. The van der Waals surface area contributed by atoms with Crippen molar-refractivity contribution in [3.05, 3.63) is 29.3 Å². The lowest BCUT2D eigenvalue weighted by Crippen LogP contribution is -2.62. The van der Waals surface area contributed by atoms with Crippen LogP contribution < -0.4 is 10.0 Å². The number of rotatable bonds is 2. The summed E-state index contributed by atoms with van der Waals surface area (Å²) in [5.41, 5.74) is 2.61. The van der Waals surface area contributed by atoms with Crippen molar-refractivity contribution >= 4 is 10.0 Å². The van der Waals surface area contributed by atoms with Crippen molar-refractivity contribution in [3.63, 3.8) is 0 Å². The quantitative estimate of drug-likeness (QED) is 0.876. The summed E-state index contributed by atoms with van der Waals surface area (Å²) < 4.78 is 26.6. The minimum atomic E-state index is -3.39. The molecule has 1 aliphatic heterocycles. The van der Waals surface area contributed by atoms with E-state index in [4.69, 9.17) is 0 Å². The fourth-order valence-electron chi connectivity index (χ4n) is 4.02. The van der Waals surface area contributed by atoms with Gasteiger partial charge < -0.3 is 5.32 Å². The van der Waals surface area contributed by atoms with Crippen LogP contribution in [0.5, 0.6) is 0 Å². The van der Waals surface area contributed by atoms with Gasteiger partial charge in [-0.3, -0.25) is 0 Å². The number of sulfonamides is 1. The van der Waals surface area contributed by atoms with Crippen molar-refractivity contribution in [3.8, 4) is 0 Å². The molecule has 2 bridgehead atoms. The molecule has 0 saturated carbocycles. The number of nitrogens with one attached hydrogen (secondary N) is 2. The molecular formula is C16H24N2O2S. The van der Waals surface area contributed by atoms with E-state index < -0.39 is 10.0 Å². The van der Waals surface area contributed by atoms with Crippen molar-refractivity contribution in [2.45, 2.75) is 50.0 Å². The summed E-state index contributed by atoms with van der Waals surface area (Å²) in [4.78, 5) is 0.373. The van der Waals surface area contributed by atoms with Crippen molar-refractivity contribution in [2.75, 3.05) is 13.6 Å². The summed E-state index contributed by atoms with van der Waals surface area (Å²) >= 11 is 0. The molecule has 1 heterocycles. The number of benzene rings is 1. The van der Waals surface area contributed by atoms with Gasteiger partial charge in [0.15, 0.2) is 0 Å². The molecule has 2 N–H and O–H groups in total. The van der Waals surface area contributed by atoms with Crippen LogP contribution in [-0.4, -0.2) is 28.1 Å². The number of piperidine rings is 1. The Hall–Kier alpha value is -0.910. The van der Waals surface area contributed by atoms with Crippen molar-refractivity contribution < 1.29 is 8.42 Å². The van der Waals surface area contributed by atoms with E-state index in [9.17, 15) is 8.42 Å². The lowest BCUT2D eigenvalue weighted by molar-refractivity contribution is 0.0557. The molecule has 1 aromatic carbocycles.